The van der Waals surface area contributed by atoms with Crippen LogP contribution in [0.15, 0.2) is 52.7 Å². The van der Waals surface area contributed by atoms with Crippen LogP contribution in [0.1, 0.15) is 48.8 Å². The zero-order chi connectivity index (χ0) is 20.8. The van der Waals surface area contributed by atoms with Gasteiger partial charge in [0.05, 0.1) is 5.69 Å². The van der Waals surface area contributed by atoms with Crippen molar-refractivity contribution >= 4 is 11.8 Å². The largest absolute Gasteiger partial charge is 0.361 e. The molecule has 0 radical (unpaired) electrons. The van der Waals surface area contributed by atoms with Gasteiger partial charge in [0.15, 0.2) is 5.16 Å². The van der Waals surface area contributed by atoms with Crippen LogP contribution in [0.4, 0.5) is 0 Å². The standard InChI is InChI=1S/C23H29N5OS/c1-3-30-23-25-13-19(14-26-23)16-28(15-18-7-9-24-10-8-18)22-6-4-5-20(22)12-21-11-17(2)27-29-21/h7-11,13-14,20,22H,3-6,12,15-16H2,1-2H3/t20-,22+/m0/s1. The van der Waals surface area contributed by atoms with Crippen LogP contribution in [0.2, 0.25) is 0 Å². The summed E-state index contributed by atoms with van der Waals surface area (Å²) in [4.78, 5) is 15.8. The molecule has 0 bridgehead atoms. The predicted octanol–water partition coefficient (Wildman–Crippen LogP) is 4.69. The molecule has 1 aliphatic carbocycles. The van der Waals surface area contributed by atoms with E-state index in [0.29, 0.717) is 12.0 Å². The third-order valence-electron chi connectivity index (χ3n) is 5.70. The smallest absolute Gasteiger partial charge is 0.187 e. The maximum absolute atomic E-state index is 5.53. The summed E-state index contributed by atoms with van der Waals surface area (Å²) in [6.07, 6.45) is 12.3. The molecule has 0 amide bonds. The van der Waals surface area contributed by atoms with E-state index in [4.69, 9.17) is 4.52 Å². The van der Waals surface area contributed by atoms with Crippen molar-refractivity contribution in [1.29, 1.82) is 0 Å². The first-order valence-corrected chi connectivity index (χ1v) is 11.7. The molecule has 0 spiro atoms. The summed E-state index contributed by atoms with van der Waals surface area (Å²) < 4.78 is 5.53. The number of rotatable bonds is 9. The molecule has 2 atom stereocenters. The van der Waals surface area contributed by atoms with Crippen LogP contribution in [0.5, 0.6) is 0 Å². The first kappa shape index (κ1) is 21.0. The van der Waals surface area contributed by atoms with E-state index in [2.05, 4.69) is 50.1 Å². The molecular weight excluding hydrogens is 394 g/mol. The van der Waals surface area contributed by atoms with Crippen LogP contribution in [-0.2, 0) is 19.5 Å². The Balaban J connectivity index is 1.52. The maximum Gasteiger partial charge on any atom is 0.187 e. The molecule has 0 saturated heterocycles. The Morgan fingerprint density at radius 1 is 1.10 bits per heavy atom. The fourth-order valence-corrected chi connectivity index (χ4v) is 4.90. The van der Waals surface area contributed by atoms with E-state index in [0.717, 1.165) is 47.4 Å². The van der Waals surface area contributed by atoms with Crippen LogP contribution in [-0.4, -0.2) is 36.8 Å². The van der Waals surface area contributed by atoms with Gasteiger partial charge in [0.1, 0.15) is 5.76 Å². The molecule has 0 aliphatic heterocycles. The minimum absolute atomic E-state index is 0.494. The van der Waals surface area contributed by atoms with Gasteiger partial charge in [-0.2, -0.15) is 0 Å². The topological polar surface area (TPSA) is 67.9 Å². The molecule has 7 heteroatoms. The van der Waals surface area contributed by atoms with E-state index in [1.807, 2.05) is 31.7 Å². The van der Waals surface area contributed by atoms with Crippen LogP contribution < -0.4 is 0 Å². The number of pyridine rings is 1. The van der Waals surface area contributed by atoms with Gasteiger partial charge in [-0.15, -0.1) is 0 Å². The highest BCUT2D eigenvalue weighted by Crippen LogP contribution is 2.34. The number of aromatic nitrogens is 4. The fourth-order valence-electron chi connectivity index (χ4n) is 4.38. The number of hydrogen-bond acceptors (Lipinski definition) is 7. The van der Waals surface area contributed by atoms with Crippen molar-refractivity contribution in [2.24, 2.45) is 5.92 Å². The van der Waals surface area contributed by atoms with Crippen molar-refractivity contribution in [1.82, 2.24) is 25.0 Å². The van der Waals surface area contributed by atoms with Gasteiger partial charge in [0.2, 0.25) is 0 Å². The molecule has 3 aromatic rings. The lowest BCUT2D eigenvalue weighted by molar-refractivity contribution is 0.138. The Kier molecular flexibility index (Phi) is 7.12. The van der Waals surface area contributed by atoms with Crippen molar-refractivity contribution in [3.8, 4) is 0 Å². The van der Waals surface area contributed by atoms with Crippen LogP contribution in [0.25, 0.3) is 0 Å². The lowest BCUT2D eigenvalue weighted by atomic mass is 9.96. The number of aryl methyl sites for hydroxylation is 1. The molecule has 1 saturated carbocycles. The Labute approximate surface area is 182 Å². The van der Waals surface area contributed by atoms with Crippen molar-refractivity contribution < 1.29 is 4.52 Å². The lowest BCUT2D eigenvalue weighted by Gasteiger charge is -2.33. The number of thioether (sulfide) groups is 1. The minimum Gasteiger partial charge on any atom is -0.361 e. The SMILES string of the molecule is CCSc1ncc(CN(Cc2ccncc2)[C@@H]2CCC[C@H]2Cc2cc(C)no2)cn1. The average molecular weight is 424 g/mol. The zero-order valence-electron chi connectivity index (χ0n) is 17.7. The normalized spacial score (nSPS) is 18.9. The molecule has 1 aliphatic rings. The summed E-state index contributed by atoms with van der Waals surface area (Å²) in [7, 11) is 0. The first-order chi connectivity index (χ1) is 14.7. The van der Waals surface area contributed by atoms with E-state index in [9.17, 15) is 0 Å². The van der Waals surface area contributed by atoms with Crippen LogP contribution >= 0.6 is 11.8 Å². The van der Waals surface area contributed by atoms with Gasteiger partial charge in [0, 0.05) is 62.0 Å². The van der Waals surface area contributed by atoms with E-state index in [1.54, 1.807) is 11.8 Å². The summed E-state index contributed by atoms with van der Waals surface area (Å²) in [5, 5.41) is 4.92. The highest BCUT2D eigenvalue weighted by Gasteiger charge is 2.33. The summed E-state index contributed by atoms with van der Waals surface area (Å²) in [6, 6.07) is 6.77. The Morgan fingerprint density at radius 3 is 2.57 bits per heavy atom. The van der Waals surface area contributed by atoms with Crippen LogP contribution in [0, 0.1) is 12.8 Å². The Hall–Kier alpha value is -2.25. The molecule has 158 valence electrons. The Bertz CT molecular complexity index is 915. The average Bonchev–Trinajstić information content (AvgIpc) is 3.39. The molecule has 0 N–H and O–H groups in total. The fraction of sp³-hybridized carbons (Fsp3) is 0.478. The van der Waals surface area contributed by atoms with E-state index in [1.165, 1.54) is 24.8 Å². The van der Waals surface area contributed by atoms with Crippen molar-refractivity contribution in [3.05, 3.63) is 65.6 Å². The van der Waals surface area contributed by atoms with Crippen molar-refractivity contribution in [2.75, 3.05) is 5.75 Å². The molecule has 3 heterocycles. The molecule has 0 unspecified atom stereocenters. The second-order valence-corrected chi connectivity index (χ2v) is 9.20. The Morgan fingerprint density at radius 2 is 1.87 bits per heavy atom. The van der Waals surface area contributed by atoms with Gasteiger partial charge in [-0.25, -0.2) is 9.97 Å². The molecule has 3 aromatic heterocycles. The summed E-state index contributed by atoms with van der Waals surface area (Å²) >= 11 is 1.68. The number of nitrogens with zero attached hydrogens (tertiary/aromatic N) is 5. The molecular formula is C23H29N5OS. The van der Waals surface area contributed by atoms with Crippen LogP contribution in [0.3, 0.4) is 0 Å². The van der Waals surface area contributed by atoms with Crippen molar-refractivity contribution in [2.45, 2.75) is 63.8 Å². The highest BCUT2D eigenvalue weighted by atomic mass is 32.2. The third kappa shape index (κ3) is 5.46. The molecule has 1 fully saturated rings. The predicted molar refractivity (Wildman–Crippen MR) is 118 cm³/mol. The summed E-state index contributed by atoms with van der Waals surface area (Å²) in [6.45, 7) is 5.84. The van der Waals surface area contributed by atoms with E-state index in [-0.39, 0.29) is 0 Å². The zero-order valence-corrected chi connectivity index (χ0v) is 18.5. The summed E-state index contributed by atoms with van der Waals surface area (Å²) in [5.41, 5.74) is 3.39. The van der Waals surface area contributed by atoms with Gasteiger partial charge < -0.3 is 4.52 Å². The third-order valence-corrected chi connectivity index (χ3v) is 6.46. The molecule has 6 nitrogen and oxygen atoms in total. The highest BCUT2D eigenvalue weighted by molar-refractivity contribution is 7.99. The monoisotopic (exact) mass is 423 g/mol. The van der Waals surface area contributed by atoms with E-state index >= 15 is 0 Å². The quantitative estimate of drug-likeness (QED) is 0.365. The molecule has 0 aromatic carbocycles. The first-order valence-electron chi connectivity index (χ1n) is 10.7. The lowest BCUT2D eigenvalue weighted by Crippen LogP contribution is -2.37. The molecule has 30 heavy (non-hydrogen) atoms. The summed E-state index contributed by atoms with van der Waals surface area (Å²) in [5.74, 6) is 2.55. The minimum atomic E-state index is 0.494. The van der Waals surface area contributed by atoms with Crippen molar-refractivity contribution in [3.63, 3.8) is 0 Å². The van der Waals surface area contributed by atoms with E-state index < -0.39 is 0 Å². The van der Waals surface area contributed by atoms with Gasteiger partial charge in [0.25, 0.3) is 0 Å². The second-order valence-electron chi connectivity index (χ2n) is 7.96. The maximum atomic E-state index is 5.53. The number of hydrogen-bond donors (Lipinski definition) is 0. The molecule has 4 rings (SSSR count). The van der Waals surface area contributed by atoms with Gasteiger partial charge in [-0.05, 0) is 49.1 Å². The van der Waals surface area contributed by atoms with Gasteiger partial charge in [-0.1, -0.05) is 30.3 Å². The second kappa shape index (κ2) is 10.2. The van der Waals surface area contributed by atoms with Gasteiger partial charge in [-0.3, -0.25) is 9.88 Å². The van der Waals surface area contributed by atoms with Gasteiger partial charge >= 0.3 is 0 Å².